The van der Waals surface area contributed by atoms with Crippen molar-refractivity contribution in [3.63, 3.8) is 0 Å². The van der Waals surface area contributed by atoms with E-state index < -0.39 is 22.0 Å². The molecule has 0 atom stereocenters. The highest BCUT2D eigenvalue weighted by atomic mass is 32.2. The Labute approximate surface area is 219 Å². The fraction of sp³-hybridized carbons (Fsp3) is 0.200. The Bertz CT molecular complexity index is 1330. The molecule has 0 saturated heterocycles. The van der Waals surface area contributed by atoms with Gasteiger partial charge in [-0.3, -0.25) is 9.59 Å². The number of para-hydroxylation sites is 1. The number of nitrogens with one attached hydrogen (secondary N) is 3. The summed E-state index contributed by atoms with van der Waals surface area (Å²) in [6.45, 7) is -0.0520. The van der Waals surface area contributed by atoms with Crippen LogP contribution >= 0.6 is 0 Å². The number of carbonyl (C=O) groups is 3. The predicted octanol–water partition coefficient (Wildman–Crippen LogP) is 1.02. The Hall–Kier alpha value is -4.49. The van der Waals surface area contributed by atoms with Gasteiger partial charge in [0.25, 0.3) is 21.8 Å². The van der Waals surface area contributed by atoms with Crippen molar-refractivity contribution in [1.29, 1.82) is 0 Å². The zero-order valence-corrected chi connectivity index (χ0v) is 20.9. The summed E-state index contributed by atoms with van der Waals surface area (Å²) in [6.07, 6.45) is 0.679. The lowest BCUT2D eigenvalue weighted by molar-refractivity contribution is -0.123. The molecule has 1 heterocycles. The monoisotopic (exact) mass is 542 g/mol. The van der Waals surface area contributed by atoms with Crippen LogP contribution in [0.1, 0.15) is 15.9 Å². The third-order valence-corrected chi connectivity index (χ3v) is 6.23. The first-order chi connectivity index (χ1) is 18.3. The van der Waals surface area contributed by atoms with Crippen molar-refractivity contribution in [3.05, 3.63) is 84.1 Å². The molecule has 3 aromatic rings. The Morgan fingerprint density at radius 1 is 0.895 bits per heavy atom. The minimum atomic E-state index is -4.16. The molecule has 38 heavy (non-hydrogen) atoms. The lowest BCUT2D eigenvalue weighted by Gasteiger charge is -2.09. The van der Waals surface area contributed by atoms with Crippen molar-refractivity contribution in [2.45, 2.75) is 11.3 Å². The minimum Gasteiger partial charge on any atom is -0.484 e. The van der Waals surface area contributed by atoms with Crippen LogP contribution in [0, 0.1) is 0 Å². The lowest BCUT2D eigenvalue weighted by Crippen LogP contribution is -2.31. The van der Waals surface area contributed by atoms with E-state index in [1.807, 2.05) is 10.8 Å². The lowest BCUT2D eigenvalue weighted by atomic mass is 10.1. The first kappa shape index (κ1) is 28.1. The maximum atomic E-state index is 12.6. The predicted molar refractivity (Wildman–Crippen MR) is 135 cm³/mol. The maximum absolute atomic E-state index is 12.6. The number of amides is 3. The number of pyridine rings is 1. The molecule has 2 aromatic carbocycles. The first-order valence-electron chi connectivity index (χ1n) is 11.4. The summed E-state index contributed by atoms with van der Waals surface area (Å²) in [7, 11) is -4.16. The quantitative estimate of drug-likeness (QED) is 0.261. The maximum Gasteiger partial charge on any atom is 0.414 e. The summed E-state index contributed by atoms with van der Waals surface area (Å²) in [5, 5.41) is 13.7. The molecule has 0 bridgehead atoms. The van der Waals surface area contributed by atoms with Crippen molar-refractivity contribution < 1.29 is 37.4 Å². The van der Waals surface area contributed by atoms with E-state index in [0.717, 1.165) is 11.8 Å². The van der Waals surface area contributed by atoms with E-state index in [-0.39, 0.29) is 42.0 Å². The van der Waals surface area contributed by atoms with Crippen LogP contribution in [-0.2, 0) is 21.2 Å². The van der Waals surface area contributed by atoms with Gasteiger partial charge in [0.15, 0.2) is 6.61 Å². The third-order valence-electron chi connectivity index (χ3n) is 4.89. The molecular formula is C25H26N4O8S. The van der Waals surface area contributed by atoms with Crippen LogP contribution in [-0.4, -0.2) is 62.7 Å². The fourth-order valence-electron chi connectivity index (χ4n) is 3.00. The van der Waals surface area contributed by atoms with Gasteiger partial charge >= 0.3 is 6.09 Å². The molecule has 0 saturated carbocycles. The van der Waals surface area contributed by atoms with Gasteiger partial charge < -0.3 is 25.2 Å². The number of aliphatic hydroxyl groups is 1. The van der Waals surface area contributed by atoms with E-state index in [0.29, 0.717) is 18.7 Å². The highest BCUT2D eigenvalue weighted by Gasteiger charge is 2.19. The van der Waals surface area contributed by atoms with E-state index in [1.165, 1.54) is 24.3 Å². The van der Waals surface area contributed by atoms with Crippen molar-refractivity contribution in [3.8, 4) is 11.6 Å². The van der Waals surface area contributed by atoms with E-state index in [2.05, 4.69) is 15.6 Å². The molecule has 0 radical (unpaired) electrons. The van der Waals surface area contributed by atoms with Crippen LogP contribution in [0.25, 0.3) is 0 Å². The largest absolute Gasteiger partial charge is 0.484 e. The third kappa shape index (κ3) is 8.87. The summed E-state index contributed by atoms with van der Waals surface area (Å²) < 4.78 is 37.4. The minimum absolute atomic E-state index is 0.000650. The van der Waals surface area contributed by atoms with E-state index in [4.69, 9.17) is 14.6 Å². The standard InChI is InChI=1S/C25H26N4O8S/c30-15-14-27-25(33)37-23-11-8-19(16-28-23)24(32)29-38(34,35)21-9-6-18(7-10-21)12-13-26-22(31)17-36-20-4-2-1-3-5-20/h1-11,16,30H,12-15,17H2,(H,26,31)(H,27,33)(H,29,32). The number of sulfonamides is 1. The Morgan fingerprint density at radius 3 is 2.29 bits per heavy atom. The second-order valence-corrected chi connectivity index (χ2v) is 9.39. The van der Waals surface area contributed by atoms with Gasteiger partial charge in [-0.25, -0.2) is 22.9 Å². The molecule has 0 aliphatic heterocycles. The average molecular weight is 543 g/mol. The molecule has 12 nitrogen and oxygen atoms in total. The molecule has 3 rings (SSSR count). The zero-order valence-electron chi connectivity index (χ0n) is 20.1. The Balaban J connectivity index is 1.46. The summed E-state index contributed by atoms with van der Waals surface area (Å²) >= 11 is 0. The number of carbonyl (C=O) groups excluding carboxylic acids is 3. The SMILES string of the molecule is O=C(COc1ccccc1)NCCc1ccc(S(=O)(=O)NC(=O)c2ccc(OC(=O)NCCO)nc2)cc1. The van der Waals surface area contributed by atoms with Gasteiger partial charge in [0, 0.05) is 25.4 Å². The number of aromatic nitrogens is 1. The molecule has 0 aliphatic carbocycles. The summed E-state index contributed by atoms with van der Waals surface area (Å²) in [5.41, 5.74) is 0.711. The summed E-state index contributed by atoms with van der Waals surface area (Å²) in [4.78, 5) is 39.4. The van der Waals surface area contributed by atoms with E-state index in [9.17, 15) is 22.8 Å². The number of ether oxygens (including phenoxy) is 2. The molecule has 0 spiro atoms. The number of rotatable bonds is 12. The van der Waals surface area contributed by atoms with Crippen molar-refractivity contribution in [2.24, 2.45) is 0 Å². The van der Waals surface area contributed by atoms with Crippen molar-refractivity contribution >= 4 is 27.9 Å². The normalized spacial score (nSPS) is 10.8. The molecule has 0 fully saturated rings. The molecule has 13 heteroatoms. The highest BCUT2D eigenvalue weighted by Crippen LogP contribution is 2.13. The first-order valence-corrected chi connectivity index (χ1v) is 12.9. The molecule has 0 unspecified atom stereocenters. The van der Waals surface area contributed by atoms with E-state index in [1.54, 1.807) is 36.4 Å². The van der Waals surface area contributed by atoms with Gasteiger partial charge in [-0.1, -0.05) is 30.3 Å². The van der Waals surface area contributed by atoms with Crippen LogP contribution in [0.15, 0.2) is 77.8 Å². The molecule has 0 aliphatic rings. The van der Waals surface area contributed by atoms with Crippen LogP contribution in [0.2, 0.25) is 0 Å². The Morgan fingerprint density at radius 2 is 1.63 bits per heavy atom. The summed E-state index contributed by atoms with van der Waals surface area (Å²) in [5.74, 6) is -0.725. The van der Waals surface area contributed by atoms with Gasteiger partial charge in [0.05, 0.1) is 17.1 Å². The van der Waals surface area contributed by atoms with Crippen LogP contribution in [0.3, 0.4) is 0 Å². The number of nitrogens with zero attached hydrogens (tertiary/aromatic N) is 1. The molecule has 3 amide bonds. The van der Waals surface area contributed by atoms with Crippen LogP contribution < -0.4 is 24.8 Å². The zero-order chi connectivity index (χ0) is 27.4. The van der Waals surface area contributed by atoms with Gasteiger partial charge in [0.1, 0.15) is 5.75 Å². The smallest absolute Gasteiger partial charge is 0.414 e. The topological polar surface area (TPSA) is 173 Å². The van der Waals surface area contributed by atoms with Gasteiger partial charge in [-0.05, 0) is 42.3 Å². The number of hydrogen-bond donors (Lipinski definition) is 4. The van der Waals surface area contributed by atoms with Crippen molar-refractivity contribution in [2.75, 3.05) is 26.3 Å². The van der Waals surface area contributed by atoms with Crippen molar-refractivity contribution in [1.82, 2.24) is 20.3 Å². The van der Waals surface area contributed by atoms with Crippen LogP contribution in [0.4, 0.5) is 4.79 Å². The Kier molecular flexibility index (Phi) is 10.1. The fourth-order valence-corrected chi connectivity index (χ4v) is 3.98. The van der Waals surface area contributed by atoms with Gasteiger partial charge in [-0.2, -0.15) is 0 Å². The second-order valence-electron chi connectivity index (χ2n) is 7.71. The summed E-state index contributed by atoms with van der Waals surface area (Å²) in [6, 6.07) is 17.3. The number of aliphatic hydroxyl groups excluding tert-OH is 1. The van der Waals surface area contributed by atoms with E-state index >= 15 is 0 Å². The molecule has 200 valence electrons. The number of hydrogen-bond acceptors (Lipinski definition) is 9. The van der Waals surface area contributed by atoms with Gasteiger partial charge in [-0.15, -0.1) is 0 Å². The molecule has 4 N–H and O–H groups in total. The highest BCUT2D eigenvalue weighted by molar-refractivity contribution is 7.90. The molecule has 1 aromatic heterocycles. The number of benzene rings is 2. The average Bonchev–Trinajstić information content (AvgIpc) is 2.92. The second kappa shape index (κ2) is 13.7. The van der Waals surface area contributed by atoms with Gasteiger partial charge in [0.2, 0.25) is 5.88 Å². The molecular weight excluding hydrogens is 516 g/mol. The van der Waals surface area contributed by atoms with Crippen LogP contribution in [0.5, 0.6) is 11.6 Å².